The van der Waals surface area contributed by atoms with Crippen molar-refractivity contribution in [1.82, 2.24) is 0 Å². The Labute approximate surface area is 153 Å². The third-order valence-electron chi connectivity index (χ3n) is 3.78. The second-order valence-electron chi connectivity index (χ2n) is 5.53. The van der Waals surface area contributed by atoms with Gasteiger partial charge < -0.3 is 19.7 Å². The smallest absolute Gasteiger partial charge is 0.262 e. The van der Waals surface area contributed by atoms with Gasteiger partial charge in [0.25, 0.3) is 5.91 Å². The number of amides is 1. The van der Waals surface area contributed by atoms with Crippen LogP contribution >= 0.6 is 15.9 Å². The van der Waals surface area contributed by atoms with Crippen LogP contribution in [0.15, 0.2) is 46.9 Å². The van der Waals surface area contributed by atoms with Crippen molar-refractivity contribution in [2.45, 2.75) is 0 Å². The van der Waals surface area contributed by atoms with E-state index in [1.165, 1.54) is 12.1 Å². The summed E-state index contributed by atoms with van der Waals surface area (Å²) in [5.74, 6) is -0.821. The van der Waals surface area contributed by atoms with Crippen LogP contribution in [0.2, 0.25) is 0 Å². The first-order valence-corrected chi connectivity index (χ1v) is 8.72. The van der Waals surface area contributed by atoms with Crippen LogP contribution in [0.5, 0.6) is 5.75 Å². The van der Waals surface area contributed by atoms with Crippen molar-refractivity contribution in [3.63, 3.8) is 0 Å². The highest BCUT2D eigenvalue weighted by atomic mass is 79.9. The van der Waals surface area contributed by atoms with E-state index in [1.54, 1.807) is 6.07 Å². The van der Waals surface area contributed by atoms with Crippen LogP contribution in [-0.2, 0) is 9.53 Å². The lowest BCUT2D eigenvalue weighted by Crippen LogP contribution is -2.37. The number of ether oxygens (including phenoxy) is 2. The molecule has 3 rings (SSSR count). The van der Waals surface area contributed by atoms with Gasteiger partial charge in [-0.2, -0.15) is 0 Å². The van der Waals surface area contributed by atoms with Crippen molar-refractivity contribution >= 4 is 33.2 Å². The van der Waals surface area contributed by atoms with E-state index in [0.29, 0.717) is 23.4 Å². The van der Waals surface area contributed by atoms with Gasteiger partial charge in [0, 0.05) is 17.6 Å². The second-order valence-corrected chi connectivity index (χ2v) is 6.44. The van der Waals surface area contributed by atoms with Crippen molar-refractivity contribution in [2.24, 2.45) is 0 Å². The summed E-state index contributed by atoms with van der Waals surface area (Å²) >= 11 is 3.18. The summed E-state index contributed by atoms with van der Waals surface area (Å²) in [6.07, 6.45) is 0. The number of morpholine rings is 1. The monoisotopic (exact) mass is 408 g/mol. The van der Waals surface area contributed by atoms with Crippen molar-refractivity contribution in [2.75, 3.05) is 43.1 Å². The molecule has 5 nitrogen and oxygen atoms in total. The number of benzene rings is 2. The average Bonchev–Trinajstić information content (AvgIpc) is 2.62. The lowest BCUT2D eigenvalue weighted by molar-refractivity contribution is -0.118. The standard InChI is InChI=1S/C18H18BrFN2O3/c19-13-5-6-17(14(20)11-13)25-12-18(23)21-15-3-1-2-4-16(15)22-7-9-24-10-8-22/h1-6,11H,7-10,12H2,(H,21,23). The molecule has 1 heterocycles. The maximum atomic E-state index is 13.7. The minimum absolute atomic E-state index is 0.0415. The lowest BCUT2D eigenvalue weighted by atomic mass is 10.2. The number of rotatable bonds is 5. The minimum atomic E-state index is -0.518. The molecule has 0 aromatic heterocycles. The molecule has 0 atom stereocenters. The molecule has 0 radical (unpaired) electrons. The molecule has 1 amide bonds. The third kappa shape index (κ3) is 4.70. The molecular formula is C18H18BrFN2O3. The number of carbonyl (C=O) groups is 1. The van der Waals surface area contributed by atoms with E-state index in [9.17, 15) is 9.18 Å². The van der Waals surface area contributed by atoms with Gasteiger partial charge in [-0.3, -0.25) is 4.79 Å². The number of nitrogens with one attached hydrogen (secondary N) is 1. The molecule has 1 aliphatic heterocycles. The van der Waals surface area contributed by atoms with Crippen LogP contribution in [0.4, 0.5) is 15.8 Å². The molecule has 1 saturated heterocycles. The van der Waals surface area contributed by atoms with E-state index in [4.69, 9.17) is 9.47 Å². The second kappa shape index (κ2) is 8.31. The first kappa shape index (κ1) is 17.7. The van der Waals surface area contributed by atoms with Gasteiger partial charge in [-0.25, -0.2) is 4.39 Å². The van der Waals surface area contributed by atoms with E-state index in [0.717, 1.165) is 18.8 Å². The Balaban J connectivity index is 1.63. The van der Waals surface area contributed by atoms with E-state index < -0.39 is 5.82 Å². The van der Waals surface area contributed by atoms with Gasteiger partial charge in [-0.15, -0.1) is 0 Å². The highest BCUT2D eigenvalue weighted by Gasteiger charge is 2.16. The summed E-state index contributed by atoms with van der Waals surface area (Å²) in [6, 6.07) is 12.0. The molecule has 0 saturated carbocycles. The zero-order chi connectivity index (χ0) is 17.6. The predicted octanol–water partition coefficient (Wildman–Crippen LogP) is 3.44. The molecule has 0 spiro atoms. The molecule has 1 N–H and O–H groups in total. The molecule has 1 fully saturated rings. The highest BCUT2D eigenvalue weighted by Crippen LogP contribution is 2.26. The number of para-hydroxylation sites is 2. The Kier molecular flexibility index (Phi) is 5.88. The summed E-state index contributed by atoms with van der Waals surface area (Å²) in [4.78, 5) is 14.3. The zero-order valence-corrected chi connectivity index (χ0v) is 15.1. The third-order valence-corrected chi connectivity index (χ3v) is 4.28. The Hall–Kier alpha value is -2.12. The number of hydrogen-bond acceptors (Lipinski definition) is 4. The predicted molar refractivity (Wildman–Crippen MR) is 97.7 cm³/mol. The van der Waals surface area contributed by atoms with Crippen LogP contribution in [0.1, 0.15) is 0 Å². The molecular weight excluding hydrogens is 391 g/mol. The van der Waals surface area contributed by atoms with Gasteiger partial charge >= 0.3 is 0 Å². The number of halogens is 2. The van der Waals surface area contributed by atoms with Crippen LogP contribution in [-0.4, -0.2) is 38.8 Å². The van der Waals surface area contributed by atoms with Gasteiger partial charge in [-0.1, -0.05) is 28.1 Å². The fourth-order valence-corrected chi connectivity index (χ4v) is 2.91. The fourth-order valence-electron chi connectivity index (χ4n) is 2.58. The van der Waals surface area contributed by atoms with Gasteiger partial charge in [0.15, 0.2) is 18.2 Å². The Morgan fingerprint density at radius 3 is 2.76 bits per heavy atom. The van der Waals surface area contributed by atoms with Crippen molar-refractivity contribution in [1.29, 1.82) is 0 Å². The molecule has 2 aromatic carbocycles. The van der Waals surface area contributed by atoms with E-state index >= 15 is 0 Å². The molecule has 132 valence electrons. The van der Waals surface area contributed by atoms with E-state index in [-0.39, 0.29) is 18.3 Å². The lowest BCUT2D eigenvalue weighted by Gasteiger charge is -2.30. The number of anilines is 2. The number of carbonyl (C=O) groups excluding carboxylic acids is 1. The molecule has 0 bridgehead atoms. The summed E-state index contributed by atoms with van der Waals surface area (Å²) in [5.41, 5.74) is 1.64. The molecule has 25 heavy (non-hydrogen) atoms. The van der Waals surface area contributed by atoms with Crippen LogP contribution in [0, 0.1) is 5.82 Å². The summed E-state index contributed by atoms with van der Waals surface area (Å²) in [6.45, 7) is 2.60. The summed E-state index contributed by atoms with van der Waals surface area (Å²) < 4.78 is 25.0. The minimum Gasteiger partial charge on any atom is -0.481 e. The zero-order valence-electron chi connectivity index (χ0n) is 13.5. The van der Waals surface area contributed by atoms with Crippen molar-refractivity contribution in [3.05, 3.63) is 52.8 Å². The van der Waals surface area contributed by atoms with Crippen LogP contribution < -0.4 is 15.0 Å². The topological polar surface area (TPSA) is 50.8 Å². The van der Waals surface area contributed by atoms with Crippen LogP contribution in [0.25, 0.3) is 0 Å². The van der Waals surface area contributed by atoms with Gasteiger partial charge in [-0.05, 0) is 30.3 Å². The molecule has 2 aromatic rings. The van der Waals surface area contributed by atoms with Gasteiger partial charge in [0.05, 0.1) is 24.6 Å². The molecule has 1 aliphatic rings. The normalized spacial score (nSPS) is 14.2. The van der Waals surface area contributed by atoms with E-state index in [1.807, 2.05) is 24.3 Å². The Morgan fingerprint density at radius 1 is 1.24 bits per heavy atom. The van der Waals surface area contributed by atoms with E-state index in [2.05, 4.69) is 26.1 Å². The van der Waals surface area contributed by atoms with Gasteiger partial charge in [0.2, 0.25) is 0 Å². The summed E-state index contributed by atoms with van der Waals surface area (Å²) in [5, 5.41) is 2.83. The number of nitrogens with zero attached hydrogens (tertiary/aromatic N) is 1. The Morgan fingerprint density at radius 2 is 2.00 bits per heavy atom. The summed E-state index contributed by atoms with van der Waals surface area (Å²) in [7, 11) is 0. The Bertz CT molecular complexity index is 751. The average molecular weight is 409 g/mol. The SMILES string of the molecule is O=C(COc1ccc(Br)cc1F)Nc1ccccc1N1CCOCC1. The molecule has 7 heteroatoms. The van der Waals surface area contributed by atoms with Crippen LogP contribution in [0.3, 0.4) is 0 Å². The van der Waals surface area contributed by atoms with Crippen molar-refractivity contribution in [3.8, 4) is 5.75 Å². The van der Waals surface area contributed by atoms with Gasteiger partial charge in [0.1, 0.15) is 0 Å². The highest BCUT2D eigenvalue weighted by molar-refractivity contribution is 9.10. The largest absolute Gasteiger partial charge is 0.481 e. The van der Waals surface area contributed by atoms with Crippen molar-refractivity contribution < 1.29 is 18.7 Å². The first-order chi connectivity index (χ1) is 12.1. The molecule has 0 aliphatic carbocycles. The number of hydrogen-bond donors (Lipinski definition) is 1. The first-order valence-electron chi connectivity index (χ1n) is 7.93. The maximum absolute atomic E-state index is 13.7. The quantitative estimate of drug-likeness (QED) is 0.822. The maximum Gasteiger partial charge on any atom is 0.262 e. The fraction of sp³-hybridized carbons (Fsp3) is 0.278. The molecule has 0 unspecified atom stereocenters.